The Labute approximate surface area is 108 Å². The van der Waals surface area contributed by atoms with Crippen LogP contribution in [0, 0.1) is 5.92 Å². The number of nitrogens with zero attached hydrogens (tertiary/aromatic N) is 3. The summed E-state index contributed by atoms with van der Waals surface area (Å²) in [6.45, 7) is 3.92. The van der Waals surface area contributed by atoms with Crippen molar-refractivity contribution in [3.05, 3.63) is 18.5 Å². The third-order valence-corrected chi connectivity index (χ3v) is 3.85. The molecule has 5 heteroatoms. The maximum Gasteiger partial charge on any atom is 0.244 e. The summed E-state index contributed by atoms with van der Waals surface area (Å²) in [5, 5.41) is 4.07. The van der Waals surface area contributed by atoms with Crippen LogP contribution in [-0.4, -0.2) is 39.7 Å². The molecule has 1 saturated heterocycles. The first-order valence-corrected chi connectivity index (χ1v) is 6.71. The van der Waals surface area contributed by atoms with Gasteiger partial charge in [-0.05, 0) is 24.8 Å². The highest BCUT2D eigenvalue weighted by Gasteiger charge is 2.29. The van der Waals surface area contributed by atoms with Crippen LogP contribution >= 0.6 is 0 Å². The molecule has 2 heterocycles. The van der Waals surface area contributed by atoms with E-state index in [0.717, 1.165) is 19.4 Å². The molecule has 0 aromatic carbocycles. The van der Waals surface area contributed by atoms with E-state index in [1.54, 1.807) is 10.9 Å². The first kappa shape index (κ1) is 13.1. The fraction of sp³-hybridized carbons (Fsp3) is 0.692. The van der Waals surface area contributed by atoms with Crippen LogP contribution in [0.15, 0.2) is 18.5 Å². The second-order valence-electron chi connectivity index (χ2n) is 4.98. The topological polar surface area (TPSA) is 64.2 Å². The molecular weight excluding hydrogens is 228 g/mol. The van der Waals surface area contributed by atoms with Gasteiger partial charge < -0.3 is 10.6 Å². The van der Waals surface area contributed by atoms with Crippen LogP contribution in [0.2, 0.25) is 0 Å². The molecule has 2 atom stereocenters. The summed E-state index contributed by atoms with van der Waals surface area (Å²) in [7, 11) is 0. The number of aromatic nitrogens is 2. The predicted octanol–water partition coefficient (Wildman–Crippen LogP) is 0.859. The van der Waals surface area contributed by atoms with Crippen molar-refractivity contribution in [3.63, 3.8) is 0 Å². The van der Waals surface area contributed by atoms with Crippen LogP contribution in [0.4, 0.5) is 0 Å². The summed E-state index contributed by atoms with van der Waals surface area (Å²) in [6, 6.07) is 2.03. The molecule has 0 saturated carbocycles. The van der Waals surface area contributed by atoms with Crippen LogP contribution in [0.25, 0.3) is 0 Å². The Kier molecular flexibility index (Phi) is 4.36. The number of likely N-dealkylation sites (tertiary alicyclic amines) is 1. The molecule has 1 amide bonds. The highest BCUT2D eigenvalue weighted by atomic mass is 16.2. The molecule has 5 nitrogen and oxygen atoms in total. The summed E-state index contributed by atoms with van der Waals surface area (Å²) >= 11 is 0. The van der Waals surface area contributed by atoms with Gasteiger partial charge in [-0.2, -0.15) is 5.10 Å². The number of amides is 1. The summed E-state index contributed by atoms with van der Waals surface area (Å²) in [5.74, 6) is 0.844. The first-order valence-electron chi connectivity index (χ1n) is 6.71. The van der Waals surface area contributed by atoms with Crippen molar-refractivity contribution in [3.8, 4) is 0 Å². The van der Waals surface area contributed by atoms with Crippen LogP contribution in [-0.2, 0) is 11.3 Å². The van der Waals surface area contributed by atoms with E-state index < -0.39 is 0 Å². The van der Waals surface area contributed by atoms with E-state index in [-0.39, 0.29) is 11.9 Å². The van der Waals surface area contributed by atoms with Crippen molar-refractivity contribution in [1.29, 1.82) is 0 Å². The van der Waals surface area contributed by atoms with Crippen LogP contribution in [0.3, 0.4) is 0 Å². The fourth-order valence-corrected chi connectivity index (χ4v) is 2.68. The first-order chi connectivity index (χ1) is 8.74. The molecule has 2 unspecified atom stereocenters. The largest absolute Gasteiger partial charge is 0.337 e. The molecule has 2 N–H and O–H groups in total. The molecule has 0 bridgehead atoms. The predicted molar refractivity (Wildman–Crippen MR) is 69.8 cm³/mol. The number of carbonyl (C=O) groups excluding carboxylic acids is 1. The zero-order valence-electron chi connectivity index (χ0n) is 11.0. The lowest BCUT2D eigenvalue weighted by Crippen LogP contribution is -2.50. The Hall–Kier alpha value is -1.36. The third-order valence-electron chi connectivity index (χ3n) is 3.85. The molecule has 1 aromatic rings. The number of nitrogens with two attached hydrogens (primary N) is 1. The average Bonchev–Trinajstić information content (AvgIpc) is 2.90. The van der Waals surface area contributed by atoms with Crippen molar-refractivity contribution in [2.45, 2.75) is 38.8 Å². The monoisotopic (exact) mass is 250 g/mol. The number of hydrogen-bond donors (Lipinski definition) is 1. The van der Waals surface area contributed by atoms with E-state index in [0.29, 0.717) is 19.0 Å². The Morgan fingerprint density at radius 3 is 3.00 bits per heavy atom. The molecule has 0 spiro atoms. The number of carbonyl (C=O) groups is 1. The highest BCUT2D eigenvalue weighted by Crippen LogP contribution is 2.25. The van der Waals surface area contributed by atoms with Gasteiger partial charge in [0.25, 0.3) is 0 Å². The van der Waals surface area contributed by atoms with Gasteiger partial charge in [0.2, 0.25) is 5.91 Å². The number of piperidine rings is 1. The minimum absolute atomic E-state index is 0.128. The van der Waals surface area contributed by atoms with E-state index in [1.807, 2.05) is 17.2 Å². The Morgan fingerprint density at radius 1 is 1.56 bits per heavy atom. The molecule has 100 valence electrons. The van der Waals surface area contributed by atoms with Crippen molar-refractivity contribution < 1.29 is 4.79 Å². The Bertz CT molecular complexity index is 376. The standard InChI is InChI=1S/C13H22N4O/c1-2-11-4-7-17(12(8-11)9-14)13(18)10-16-6-3-5-15-16/h3,5-6,11-12H,2,4,7-10,14H2,1H3. The van der Waals surface area contributed by atoms with E-state index in [9.17, 15) is 4.79 Å². The lowest BCUT2D eigenvalue weighted by atomic mass is 9.89. The minimum atomic E-state index is 0.128. The highest BCUT2D eigenvalue weighted by molar-refractivity contribution is 5.76. The quantitative estimate of drug-likeness (QED) is 0.862. The van der Waals surface area contributed by atoms with Crippen molar-refractivity contribution >= 4 is 5.91 Å². The van der Waals surface area contributed by atoms with Gasteiger partial charge in [0.05, 0.1) is 0 Å². The van der Waals surface area contributed by atoms with Crippen LogP contribution < -0.4 is 5.73 Å². The second kappa shape index (κ2) is 6.00. The molecule has 1 aliphatic heterocycles. The van der Waals surface area contributed by atoms with Gasteiger partial charge in [-0.1, -0.05) is 13.3 Å². The molecular formula is C13H22N4O. The summed E-state index contributed by atoms with van der Waals surface area (Å²) in [4.78, 5) is 14.2. The van der Waals surface area contributed by atoms with Gasteiger partial charge in [0, 0.05) is 31.5 Å². The van der Waals surface area contributed by atoms with E-state index in [1.165, 1.54) is 6.42 Å². The van der Waals surface area contributed by atoms with E-state index >= 15 is 0 Å². The van der Waals surface area contributed by atoms with Crippen molar-refractivity contribution in [1.82, 2.24) is 14.7 Å². The summed E-state index contributed by atoms with van der Waals surface area (Å²) in [5.41, 5.74) is 5.81. The van der Waals surface area contributed by atoms with Crippen LogP contribution in [0.1, 0.15) is 26.2 Å². The maximum absolute atomic E-state index is 12.2. The third kappa shape index (κ3) is 2.90. The maximum atomic E-state index is 12.2. The van der Waals surface area contributed by atoms with E-state index in [4.69, 9.17) is 5.73 Å². The molecule has 1 aromatic heterocycles. The number of hydrogen-bond acceptors (Lipinski definition) is 3. The Balaban J connectivity index is 1.96. The molecule has 0 radical (unpaired) electrons. The zero-order chi connectivity index (χ0) is 13.0. The smallest absolute Gasteiger partial charge is 0.244 e. The van der Waals surface area contributed by atoms with Gasteiger partial charge in [0.1, 0.15) is 6.54 Å². The average molecular weight is 250 g/mol. The normalized spacial score (nSPS) is 24.2. The van der Waals surface area contributed by atoms with Gasteiger partial charge >= 0.3 is 0 Å². The summed E-state index contributed by atoms with van der Waals surface area (Å²) in [6.07, 6.45) is 6.82. The number of rotatable bonds is 4. The zero-order valence-corrected chi connectivity index (χ0v) is 11.0. The van der Waals surface area contributed by atoms with Gasteiger partial charge in [0.15, 0.2) is 0 Å². The summed E-state index contributed by atoms with van der Waals surface area (Å²) < 4.78 is 1.67. The Morgan fingerprint density at radius 2 is 2.39 bits per heavy atom. The van der Waals surface area contributed by atoms with E-state index in [2.05, 4.69) is 12.0 Å². The van der Waals surface area contributed by atoms with Gasteiger partial charge in [-0.15, -0.1) is 0 Å². The van der Waals surface area contributed by atoms with Crippen molar-refractivity contribution in [2.24, 2.45) is 11.7 Å². The van der Waals surface area contributed by atoms with Crippen LogP contribution in [0.5, 0.6) is 0 Å². The fourth-order valence-electron chi connectivity index (χ4n) is 2.68. The molecule has 18 heavy (non-hydrogen) atoms. The molecule has 1 aliphatic rings. The lowest BCUT2D eigenvalue weighted by Gasteiger charge is -2.38. The molecule has 0 aliphatic carbocycles. The van der Waals surface area contributed by atoms with Gasteiger partial charge in [-0.3, -0.25) is 9.48 Å². The SMILES string of the molecule is CCC1CCN(C(=O)Cn2cccn2)C(CN)C1. The lowest BCUT2D eigenvalue weighted by molar-refractivity contribution is -0.136. The van der Waals surface area contributed by atoms with Gasteiger partial charge in [-0.25, -0.2) is 0 Å². The minimum Gasteiger partial charge on any atom is -0.337 e. The second-order valence-corrected chi connectivity index (χ2v) is 4.98. The molecule has 2 rings (SSSR count). The van der Waals surface area contributed by atoms with Crippen molar-refractivity contribution in [2.75, 3.05) is 13.1 Å². The molecule has 1 fully saturated rings.